The van der Waals surface area contributed by atoms with Crippen LogP contribution < -0.4 is 10.5 Å². The number of rotatable bonds is 5. The number of hydrogen-bond donors (Lipinski definition) is 2. The number of oxime groups is 1. The summed E-state index contributed by atoms with van der Waals surface area (Å²) in [6.45, 7) is 0.567. The number of nitrogens with zero attached hydrogens (tertiary/aromatic N) is 1. The molecule has 0 heterocycles. The molecule has 1 aliphatic rings. The number of methoxy groups -OCH3 is 1. The fourth-order valence-electron chi connectivity index (χ4n) is 1.84. The number of amidine groups is 1. The predicted molar refractivity (Wildman–Crippen MR) is 67.9 cm³/mol. The van der Waals surface area contributed by atoms with E-state index in [0.29, 0.717) is 24.0 Å². The predicted octanol–water partition coefficient (Wildman–Crippen LogP) is 1.86. The molecule has 0 spiro atoms. The van der Waals surface area contributed by atoms with Gasteiger partial charge in [0.2, 0.25) is 0 Å². The van der Waals surface area contributed by atoms with Gasteiger partial charge in [0.1, 0.15) is 5.75 Å². The molecule has 1 aromatic carbocycles. The van der Waals surface area contributed by atoms with Crippen molar-refractivity contribution in [1.82, 2.24) is 0 Å². The van der Waals surface area contributed by atoms with E-state index in [-0.39, 0.29) is 5.84 Å². The van der Waals surface area contributed by atoms with Gasteiger partial charge in [0.05, 0.1) is 25.4 Å². The molecule has 0 radical (unpaired) electrons. The molecule has 0 amide bonds. The molecule has 0 unspecified atom stereocenters. The van der Waals surface area contributed by atoms with Crippen LogP contribution in [0.1, 0.15) is 30.4 Å². The molecule has 0 aromatic heterocycles. The largest absolute Gasteiger partial charge is 0.496 e. The normalized spacial score (nSPS) is 16.4. The number of hydrogen-bond acceptors (Lipinski definition) is 4. The Bertz CT molecular complexity index is 442. The molecule has 1 fully saturated rings. The molecule has 18 heavy (non-hydrogen) atoms. The lowest BCUT2D eigenvalue weighted by molar-refractivity contribution is -0.00871. The first-order chi connectivity index (χ1) is 8.74. The highest BCUT2D eigenvalue weighted by molar-refractivity contribution is 5.99. The minimum Gasteiger partial charge on any atom is -0.496 e. The van der Waals surface area contributed by atoms with Gasteiger partial charge in [0, 0.05) is 0 Å². The lowest BCUT2D eigenvalue weighted by Crippen LogP contribution is -2.21. The Morgan fingerprint density at radius 1 is 1.50 bits per heavy atom. The first-order valence-corrected chi connectivity index (χ1v) is 6.01. The highest BCUT2D eigenvalue weighted by Crippen LogP contribution is 2.25. The van der Waals surface area contributed by atoms with E-state index in [0.717, 1.165) is 18.4 Å². The molecule has 1 saturated carbocycles. The van der Waals surface area contributed by atoms with Gasteiger partial charge in [-0.1, -0.05) is 11.2 Å². The Morgan fingerprint density at radius 2 is 2.28 bits per heavy atom. The van der Waals surface area contributed by atoms with Crippen molar-refractivity contribution in [2.24, 2.45) is 10.9 Å². The second-order valence-corrected chi connectivity index (χ2v) is 4.38. The smallest absolute Gasteiger partial charge is 0.173 e. The van der Waals surface area contributed by atoms with Crippen LogP contribution in [-0.2, 0) is 11.3 Å². The van der Waals surface area contributed by atoms with Gasteiger partial charge in [0.15, 0.2) is 5.84 Å². The summed E-state index contributed by atoms with van der Waals surface area (Å²) >= 11 is 0. The Kier molecular flexibility index (Phi) is 4.04. The minimum atomic E-state index is 0.0401. The molecule has 3 N–H and O–H groups in total. The summed E-state index contributed by atoms with van der Waals surface area (Å²) in [6, 6.07) is 5.52. The SMILES string of the molecule is COc1cc(COC2CCC2)ccc1/C(N)=N/O. The van der Waals surface area contributed by atoms with Crippen molar-refractivity contribution in [2.45, 2.75) is 32.0 Å². The molecule has 5 nitrogen and oxygen atoms in total. The standard InChI is InChI=1S/C13H18N2O3/c1-17-12-7-9(8-18-10-3-2-4-10)5-6-11(12)13(14)15-16/h5-7,10,16H,2-4,8H2,1H3,(H2,14,15). The topological polar surface area (TPSA) is 77.1 Å². The Morgan fingerprint density at radius 3 is 2.83 bits per heavy atom. The Labute approximate surface area is 106 Å². The van der Waals surface area contributed by atoms with Crippen molar-refractivity contribution in [3.63, 3.8) is 0 Å². The average molecular weight is 250 g/mol. The molecule has 0 saturated heterocycles. The van der Waals surface area contributed by atoms with Crippen LogP contribution in [0.25, 0.3) is 0 Å². The number of benzene rings is 1. The lowest BCUT2D eigenvalue weighted by Gasteiger charge is -2.25. The van der Waals surface area contributed by atoms with E-state index in [2.05, 4.69) is 5.16 Å². The Hall–Kier alpha value is -1.75. The summed E-state index contributed by atoms with van der Waals surface area (Å²) in [5.74, 6) is 0.623. The van der Waals surface area contributed by atoms with Crippen molar-refractivity contribution in [1.29, 1.82) is 0 Å². The summed E-state index contributed by atoms with van der Waals surface area (Å²) < 4.78 is 11.0. The second-order valence-electron chi connectivity index (χ2n) is 4.38. The zero-order valence-corrected chi connectivity index (χ0v) is 10.4. The van der Waals surface area contributed by atoms with Crippen LogP contribution in [0.3, 0.4) is 0 Å². The third-order valence-electron chi connectivity index (χ3n) is 3.19. The van der Waals surface area contributed by atoms with Crippen LogP contribution in [0.2, 0.25) is 0 Å². The highest BCUT2D eigenvalue weighted by Gasteiger charge is 2.18. The highest BCUT2D eigenvalue weighted by atomic mass is 16.5. The van der Waals surface area contributed by atoms with Crippen LogP contribution in [-0.4, -0.2) is 24.3 Å². The van der Waals surface area contributed by atoms with Crippen LogP contribution in [0.5, 0.6) is 5.75 Å². The summed E-state index contributed by atoms with van der Waals surface area (Å²) in [5, 5.41) is 11.7. The van der Waals surface area contributed by atoms with Gasteiger partial charge >= 0.3 is 0 Å². The molecule has 0 atom stereocenters. The van der Waals surface area contributed by atoms with E-state index in [9.17, 15) is 0 Å². The summed E-state index contributed by atoms with van der Waals surface area (Å²) in [7, 11) is 1.56. The van der Waals surface area contributed by atoms with E-state index in [1.165, 1.54) is 6.42 Å². The summed E-state index contributed by atoms with van der Waals surface area (Å²) in [4.78, 5) is 0. The van der Waals surface area contributed by atoms with Crippen molar-refractivity contribution in [3.05, 3.63) is 29.3 Å². The van der Waals surface area contributed by atoms with Gasteiger partial charge in [0.25, 0.3) is 0 Å². The summed E-state index contributed by atoms with van der Waals surface area (Å²) in [6.07, 6.45) is 3.97. The first-order valence-electron chi connectivity index (χ1n) is 6.01. The van der Waals surface area contributed by atoms with Gasteiger partial charge < -0.3 is 20.4 Å². The number of nitrogens with two attached hydrogens (primary N) is 1. The maximum atomic E-state index is 8.68. The van der Waals surface area contributed by atoms with E-state index >= 15 is 0 Å². The van der Waals surface area contributed by atoms with Gasteiger partial charge in [-0.2, -0.15) is 0 Å². The van der Waals surface area contributed by atoms with E-state index in [1.54, 1.807) is 13.2 Å². The van der Waals surface area contributed by atoms with Crippen molar-refractivity contribution >= 4 is 5.84 Å². The van der Waals surface area contributed by atoms with Crippen LogP contribution in [0.4, 0.5) is 0 Å². The van der Waals surface area contributed by atoms with E-state index in [4.69, 9.17) is 20.4 Å². The van der Waals surface area contributed by atoms with Gasteiger partial charge in [-0.15, -0.1) is 0 Å². The van der Waals surface area contributed by atoms with Crippen molar-refractivity contribution in [2.75, 3.05) is 7.11 Å². The second kappa shape index (κ2) is 5.73. The van der Waals surface area contributed by atoms with E-state index in [1.807, 2.05) is 12.1 Å². The molecule has 2 rings (SSSR count). The quantitative estimate of drug-likeness (QED) is 0.362. The maximum Gasteiger partial charge on any atom is 0.173 e. The van der Waals surface area contributed by atoms with Crippen LogP contribution in [0, 0.1) is 0 Å². The zero-order valence-electron chi connectivity index (χ0n) is 10.4. The molecule has 0 bridgehead atoms. The van der Waals surface area contributed by atoms with Gasteiger partial charge in [-0.05, 0) is 37.0 Å². The van der Waals surface area contributed by atoms with Gasteiger partial charge in [-0.25, -0.2) is 0 Å². The van der Waals surface area contributed by atoms with Crippen molar-refractivity contribution in [3.8, 4) is 5.75 Å². The molecule has 1 aromatic rings. The lowest BCUT2D eigenvalue weighted by atomic mass is 9.96. The van der Waals surface area contributed by atoms with E-state index < -0.39 is 0 Å². The monoisotopic (exact) mass is 250 g/mol. The molecule has 5 heteroatoms. The fraction of sp³-hybridized carbons (Fsp3) is 0.462. The third kappa shape index (κ3) is 2.73. The zero-order chi connectivity index (χ0) is 13.0. The van der Waals surface area contributed by atoms with Crippen LogP contribution >= 0.6 is 0 Å². The Balaban J connectivity index is 2.08. The fourth-order valence-corrected chi connectivity index (χ4v) is 1.84. The summed E-state index contributed by atoms with van der Waals surface area (Å²) in [5.41, 5.74) is 7.16. The molecular formula is C13H18N2O3. The van der Waals surface area contributed by atoms with Gasteiger partial charge in [-0.3, -0.25) is 0 Å². The van der Waals surface area contributed by atoms with Crippen LogP contribution in [0.15, 0.2) is 23.4 Å². The molecule has 0 aliphatic heterocycles. The molecule has 98 valence electrons. The molecular weight excluding hydrogens is 232 g/mol. The minimum absolute atomic E-state index is 0.0401. The maximum absolute atomic E-state index is 8.68. The number of ether oxygens (including phenoxy) is 2. The first kappa shape index (κ1) is 12.7. The average Bonchev–Trinajstić information content (AvgIpc) is 2.35. The van der Waals surface area contributed by atoms with Crippen molar-refractivity contribution < 1.29 is 14.7 Å². The third-order valence-corrected chi connectivity index (χ3v) is 3.19. The molecule has 1 aliphatic carbocycles.